The minimum Gasteiger partial charge on any atom is -0.493 e. The first-order valence-electron chi connectivity index (χ1n) is 9.40. The van der Waals surface area contributed by atoms with Crippen LogP contribution in [0, 0.1) is 6.92 Å². The number of rotatable bonds is 6. The fraction of sp³-hybridized carbons (Fsp3) is 0.429. The van der Waals surface area contributed by atoms with Crippen LogP contribution >= 0.6 is 0 Å². The van der Waals surface area contributed by atoms with Crippen LogP contribution in [0.15, 0.2) is 36.4 Å². The zero-order valence-corrected chi connectivity index (χ0v) is 16.4. The van der Waals surface area contributed by atoms with E-state index in [9.17, 15) is 4.79 Å². The quantitative estimate of drug-likeness (QED) is 0.764. The average Bonchev–Trinajstić information content (AvgIpc) is 3.19. The van der Waals surface area contributed by atoms with E-state index in [-0.39, 0.29) is 18.2 Å². The van der Waals surface area contributed by atoms with Gasteiger partial charge in [-0.25, -0.2) is 4.79 Å². The van der Waals surface area contributed by atoms with Gasteiger partial charge in [-0.05, 0) is 36.8 Å². The van der Waals surface area contributed by atoms with E-state index in [0.717, 1.165) is 36.6 Å². The van der Waals surface area contributed by atoms with Gasteiger partial charge in [0, 0.05) is 31.9 Å². The SMILES string of the molecule is COc1ccc(CN2C(=O)O[C@@H]3CN(Cc4cccc(C)n4)C[C@@H]32)cc1OC. The molecule has 2 aromatic rings. The lowest BCUT2D eigenvalue weighted by Gasteiger charge is -2.23. The Morgan fingerprint density at radius 3 is 2.68 bits per heavy atom. The summed E-state index contributed by atoms with van der Waals surface area (Å²) in [6.45, 7) is 4.75. The molecule has 2 fully saturated rings. The van der Waals surface area contributed by atoms with Crippen LogP contribution in [0.4, 0.5) is 4.79 Å². The number of aromatic nitrogens is 1. The van der Waals surface area contributed by atoms with Gasteiger partial charge in [-0.15, -0.1) is 0 Å². The van der Waals surface area contributed by atoms with Gasteiger partial charge in [-0.1, -0.05) is 12.1 Å². The molecule has 0 N–H and O–H groups in total. The molecule has 1 aromatic carbocycles. The van der Waals surface area contributed by atoms with Crippen molar-refractivity contribution in [3.8, 4) is 11.5 Å². The van der Waals surface area contributed by atoms with Crippen molar-refractivity contribution in [2.24, 2.45) is 0 Å². The minimum absolute atomic E-state index is 0.0467. The highest BCUT2D eigenvalue weighted by Crippen LogP contribution is 2.32. The lowest BCUT2D eigenvalue weighted by atomic mass is 10.1. The van der Waals surface area contributed by atoms with Gasteiger partial charge < -0.3 is 14.2 Å². The zero-order chi connectivity index (χ0) is 19.7. The van der Waals surface area contributed by atoms with Crippen molar-refractivity contribution >= 4 is 6.09 Å². The lowest BCUT2D eigenvalue weighted by molar-refractivity contribution is 0.119. The van der Waals surface area contributed by atoms with E-state index >= 15 is 0 Å². The lowest BCUT2D eigenvalue weighted by Crippen LogP contribution is -2.37. The van der Waals surface area contributed by atoms with Crippen LogP contribution in [0.1, 0.15) is 17.0 Å². The number of hydrogen-bond donors (Lipinski definition) is 0. The second-order valence-corrected chi connectivity index (χ2v) is 7.27. The third-order valence-corrected chi connectivity index (χ3v) is 5.33. The maximum Gasteiger partial charge on any atom is 0.410 e. The Morgan fingerprint density at radius 1 is 1.11 bits per heavy atom. The number of ether oxygens (including phenoxy) is 3. The molecule has 7 heteroatoms. The van der Waals surface area contributed by atoms with Gasteiger partial charge in [0.15, 0.2) is 11.5 Å². The highest BCUT2D eigenvalue weighted by molar-refractivity contribution is 5.71. The molecule has 0 bridgehead atoms. The van der Waals surface area contributed by atoms with Gasteiger partial charge in [-0.3, -0.25) is 14.8 Å². The summed E-state index contributed by atoms with van der Waals surface area (Å²) in [5.74, 6) is 1.33. The standard InChI is InChI=1S/C21H25N3O4/c1-14-5-4-6-16(22-14)11-23-12-17-20(13-23)28-21(25)24(17)10-15-7-8-18(26-2)19(9-15)27-3/h4-9,17,20H,10-13H2,1-3H3/t17-,20+/m0/s1. The monoisotopic (exact) mass is 383 g/mol. The molecule has 0 spiro atoms. The van der Waals surface area contributed by atoms with Crippen molar-refractivity contribution < 1.29 is 19.0 Å². The van der Waals surface area contributed by atoms with Crippen LogP contribution in [0.5, 0.6) is 11.5 Å². The molecule has 4 rings (SSSR count). The van der Waals surface area contributed by atoms with Crippen LogP contribution in [0.3, 0.4) is 0 Å². The van der Waals surface area contributed by atoms with Crippen LogP contribution < -0.4 is 9.47 Å². The number of nitrogens with zero attached hydrogens (tertiary/aromatic N) is 3. The zero-order valence-electron chi connectivity index (χ0n) is 16.4. The molecular weight excluding hydrogens is 358 g/mol. The number of likely N-dealkylation sites (tertiary alicyclic amines) is 1. The summed E-state index contributed by atoms with van der Waals surface area (Å²) in [7, 11) is 3.21. The number of fused-ring (bicyclic) bond motifs is 1. The van der Waals surface area contributed by atoms with Gasteiger partial charge >= 0.3 is 6.09 Å². The van der Waals surface area contributed by atoms with Gasteiger partial charge in [0.25, 0.3) is 0 Å². The summed E-state index contributed by atoms with van der Waals surface area (Å²) >= 11 is 0. The van der Waals surface area contributed by atoms with E-state index in [0.29, 0.717) is 18.0 Å². The van der Waals surface area contributed by atoms with Gasteiger partial charge in [-0.2, -0.15) is 0 Å². The first-order valence-corrected chi connectivity index (χ1v) is 9.40. The van der Waals surface area contributed by atoms with Crippen molar-refractivity contribution in [1.29, 1.82) is 0 Å². The Morgan fingerprint density at radius 2 is 1.93 bits per heavy atom. The molecule has 2 atom stereocenters. The Hall–Kier alpha value is -2.80. The maximum atomic E-state index is 12.4. The van der Waals surface area contributed by atoms with Crippen LogP contribution in [-0.2, 0) is 17.8 Å². The summed E-state index contributed by atoms with van der Waals surface area (Å²) in [6.07, 6.45) is -0.351. The van der Waals surface area contributed by atoms with Crippen LogP contribution in [0.2, 0.25) is 0 Å². The molecule has 2 aliphatic rings. The van der Waals surface area contributed by atoms with Crippen molar-refractivity contribution in [2.45, 2.75) is 32.2 Å². The summed E-state index contributed by atoms with van der Waals surface area (Å²) in [4.78, 5) is 21.1. The Bertz CT molecular complexity index is 872. The number of pyridine rings is 1. The summed E-state index contributed by atoms with van der Waals surface area (Å²) in [5.41, 5.74) is 3.03. The van der Waals surface area contributed by atoms with Crippen molar-refractivity contribution in [3.05, 3.63) is 53.3 Å². The third kappa shape index (κ3) is 3.62. The second kappa shape index (κ2) is 7.67. The molecule has 2 aliphatic heterocycles. The van der Waals surface area contributed by atoms with Crippen LogP contribution in [0.25, 0.3) is 0 Å². The van der Waals surface area contributed by atoms with Gasteiger partial charge in [0.1, 0.15) is 6.10 Å². The van der Waals surface area contributed by atoms with Crippen LogP contribution in [-0.4, -0.2) is 60.3 Å². The molecule has 28 heavy (non-hydrogen) atoms. The van der Waals surface area contributed by atoms with Crippen molar-refractivity contribution in [1.82, 2.24) is 14.8 Å². The van der Waals surface area contributed by atoms with Gasteiger partial charge in [0.05, 0.1) is 26.0 Å². The summed E-state index contributed by atoms with van der Waals surface area (Å²) in [5, 5.41) is 0. The highest BCUT2D eigenvalue weighted by atomic mass is 16.6. The molecule has 3 heterocycles. The molecule has 0 saturated carbocycles. The third-order valence-electron chi connectivity index (χ3n) is 5.33. The Kier molecular flexibility index (Phi) is 5.09. The molecule has 1 aromatic heterocycles. The van der Waals surface area contributed by atoms with E-state index in [4.69, 9.17) is 14.2 Å². The predicted molar refractivity (Wildman–Crippen MR) is 103 cm³/mol. The molecule has 0 aliphatic carbocycles. The molecule has 148 valence electrons. The number of carbonyl (C=O) groups is 1. The maximum absolute atomic E-state index is 12.4. The molecule has 7 nitrogen and oxygen atoms in total. The molecule has 1 amide bonds. The van der Waals surface area contributed by atoms with E-state index in [1.54, 1.807) is 14.2 Å². The highest BCUT2D eigenvalue weighted by Gasteiger charge is 2.47. The molecular formula is C21H25N3O4. The molecule has 0 unspecified atom stereocenters. The number of carbonyl (C=O) groups excluding carboxylic acids is 1. The van der Waals surface area contributed by atoms with E-state index in [1.807, 2.05) is 48.2 Å². The number of methoxy groups -OCH3 is 2. The Labute approximate surface area is 164 Å². The topological polar surface area (TPSA) is 64.1 Å². The number of amides is 1. The van der Waals surface area contributed by atoms with Crippen molar-refractivity contribution in [3.63, 3.8) is 0 Å². The molecule has 0 radical (unpaired) electrons. The predicted octanol–water partition coefficient (Wildman–Crippen LogP) is 2.61. The second-order valence-electron chi connectivity index (χ2n) is 7.27. The van der Waals surface area contributed by atoms with E-state index in [2.05, 4.69) is 9.88 Å². The fourth-order valence-electron chi connectivity index (χ4n) is 3.98. The average molecular weight is 383 g/mol. The fourth-order valence-corrected chi connectivity index (χ4v) is 3.98. The van der Waals surface area contributed by atoms with E-state index in [1.165, 1.54) is 0 Å². The normalized spacial score (nSPS) is 21.5. The summed E-state index contributed by atoms with van der Waals surface area (Å²) in [6, 6.07) is 11.8. The first-order chi connectivity index (χ1) is 13.6. The van der Waals surface area contributed by atoms with Crippen molar-refractivity contribution in [2.75, 3.05) is 27.3 Å². The number of hydrogen-bond acceptors (Lipinski definition) is 6. The van der Waals surface area contributed by atoms with Gasteiger partial charge in [0.2, 0.25) is 0 Å². The molecule has 2 saturated heterocycles. The minimum atomic E-state index is -0.252. The largest absolute Gasteiger partial charge is 0.493 e. The summed E-state index contributed by atoms with van der Waals surface area (Å²) < 4.78 is 16.3. The smallest absolute Gasteiger partial charge is 0.410 e. The first kappa shape index (κ1) is 18.6. The van der Waals surface area contributed by atoms with E-state index < -0.39 is 0 Å². The number of benzene rings is 1. The number of aryl methyl sites for hydroxylation is 1. The Balaban J connectivity index is 1.45.